The van der Waals surface area contributed by atoms with Crippen molar-refractivity contribution < 1.29 is 14.6 Å². The maximum Gasteiger partial charge on any atom is 0.264 e. The Bertz CT molecular complexity index is 707. The summed E-state index contributed by atoms with van der Waals surface area (Å²) in [6, 6.07) is 5.91. The molecule has 2 heterocycles. The molecular formula is C17H21NO3S. The number of methoxy groups -OCH3 is 1. The summed E-state index contributed by atoms with van der Waals surface area (Å²) in [7, 11) is 1.65. The van der Waals surface area contributed by atoms with Crippen LogP contribution in [0.25, 0.3) is 10.1 Å². The van der Waals surface area contributed by atoms with Crippen LogP contribution >= 0.6 is 11.3 Å². The van der Waals surface area contributed by atoms with Crippen molar-refractivity contribution in [3.8, 4) is 5.75 Å². The van der Waals surface area contributed by atoms with E-state index in [0.29, 0.717) is 6.54 Å². The first-order valence-electron chi connectivity index (χ1n) is 7.55. The number of aliphatic hydroxyl groups is 1. The number of aliphatic hydroxyl groups excluding tert-OH is 1. The largest absolute Gasteiger partial charge is 0.497 e. The van der Waals surface area contributed by atoms with Crippen LogP contribution in [0.5, 0.6) is 5.75 Å². The number of ether oxygens (including phenoxy) is 1. The molecule has 0 radical (unpaired) electrons. The Morgan fingerprint density at radius 2 is 2.27 bits per heavy atom. The summed E-state index contributed by atoms with van der Waals surface area (Å²) in [4.78, 5) is 15.5. The fraction of sp³-hybridized carbons (Fsp3) is 0.471. The van der Waals surface area contributed by atoms with Crippen LogP contribution in [0.1, 0.15) is 28.6 Å². The Morgan fingerprint density at radius 3 is 2.91 bits per heavy atom. The maximum absolute atomic E-state index is 12.8. The lowest BCUT2D eigenvalue weighted by Gasteiger charge is -2.17. The van der Waals surface area contributed by atoms with Crippen LogP contribution in [0.4, 0.5) is 0 Å². The summed E-state index contributed by atoms with van der Waals surface area (Å²) >= 11 is 1.54. The highest BCUT2D eigenvalue weighted by atomic mass is 32.1. The van der Waals surface area contributed by atoms with Crippen LogP contribution in [-0.2, 0) is 0 Å². The minimum Gasteiger partial charge on any atom is -0.497 e. The predicted molar refractivity (Wildman–Crippen MR) is 88.8 cm³/mol. The molecule has 1 aromatic heterocycles. The second-order valence-electron chi connectivity index (χ2n) is 5.96. The van der Waals surface area contributed by atoms with Crippen molar-refractivity contribution in [2.24, 2.45) is 5.92 Å². The van der Waals surface area contributed by atoms with Gasteiger partial charge in [0.05, 0.1) is 18.1 Å². The Hall–Kier alpha value is -1.59. The third kappa shape index (κ3) is 2.59. The first-order valence-corrected chi connectivity index (χ1v) is 8.37. The second kappa shape index (κ2) is 5.89. The number of nitrogens with zero attached hydrogens (tertiary/aromatic N) is 1. The van der Waals surface area contributed by atoms with Crippen molar-refractivity contribution in [1.82, 2.24) is 4.90 Å². The van der Waals surface area contributed by atoms with Gasteiger partial charge in [0.25, 0.3) is 5.91 Å². The number of hydrogen-bond acceptors (Lipinski definition) is 4. The molecule has 22 heavy (non-hydrogen) atoms. The normalized spacial score (nSPS) is 19.6. The third-order valence-corrected chi connectivity index (χ3v) is 5.79. The first kappa shape index (κ1) is 15.3. The van der Waals surface area contributed by atoms with Crippen LogP contribution in [-0.4, -0.2) is 42.2 Å². The van der Waals surface area contributed by atoms with Gasteiger partial charge in [-0.2, -0.15) is 0 Å². The van der Waals surface area contributed by atoms with Crippen molar-refractivity contribution in [2.75, 3.05) is 20.2 Å². The minimum absolute atomic E-state index is 0.0841. The molecule has 4 nitrogen and oxygen atoms in total. The third-order valence-electron chi connectivity index (χ3n) is 4.53. The number of benzene rings is 1. The fourth-order valence-corrected chi connectivity index (χ4v) is 4.20. The van der Waals surface area contributed by atoms with Crippen molar-refractivity contribution in [2.45, 2.75) is 26.4 Å². The lowest BCUT2D eigenvalue weighted by atomic mass is 10.0. The molecule has 1 aliphatic heterocycles. The van der Waals surface area contributed by atoms with Gasteiger partial charge < -0.3 is 14.7 Å². The molecule has 1 fully saturated rings. The summed E-state index contributed by atoms with van der Waals surface area (Å²) in [6.45, 7) is 5.17. The van der Waals surface area contributed by atoms with Gasteiger partial charge in [-0.3, -0.25) is 4.79 Å². The van der Waals surface area contributed by atoms with E-state index in [1.807, 2.05) is 30.0 Å². The van der Waals surface area contributed by atoms with E-state index < -0.39 is 0 Å². The summed E-state index contributed by atoms with van der Waals surface area (Å²) in [5.74, 6) is 1.09. The van der Waals surface area contributed by atoms with Gasteiger partial charge in [0, 0.05) is 23.7 Å². The molecule has 1 aliphatic rings. The number of amides is 1. The van der Waals surface area contributed by atoms with E-state index in [0.717, 1.165) is 39.2 Å². The zero-order valence-electron chi connectivity index (χ0n) is 13.1. The SMILES string of the molecule is COc1ccc2sc(C(=O)N3CCC(C(C)O)C3)c(C)c2c1. The van der Waals surface area contributed by atoms with Crippen LogP contribution in [0.3, 0.4) is 0 Å². The molecular weight excluding hydrogens is 298 g/mol. The van der Waals surface area contributed by atoms with Crippen LogP contribution in [0.15, 0.2) is 18.2 Å². The average Bonchev–Trinajstić information content (AvgIpc) is 3.12. The lowest BCUT2D eigenvalue weighted by molar-refractivity contribution is 0.0766. The molecule has 0 spiro atoms. The highest BCUT2D eigenvalue weighted by molar-refractivity contribution is 7.21. The zero-order valence-corrected chi connectivity index (χ0v) is 13.9. The highest BCUT2D eigenvalue weighted by Gasteiger charge is 2.31. The van der Waals surface area contributed by atoms with E-state index in [1.54, 1.807) is 14.0 Å². The zero-order chi connectivity index (χ0) is 15.9. The lowest BCUT2D eigenvalue weighted by Crippen LogP contribution is -2.30. The maximum atomic E-state index is 12.8. The highest BCUT2D eigenvalue weighted by Crippen LogP contribution is 2.35. The molecule has 1 aromatic carbocycles. The summed E-state index contributed by atoms with van der Waals surface area (Å²) in [5.41, 5.74) is 1.02. The van der Waals surface area contributed by atoms with E-state index in [4.69, 9.17) is 4.74 Å². The minimum atomic E-state index is -0.356. The standard InChI is InChI=1S/C17H21NO3S/c1-10-14-8-13(21-3)4-5-15(14)22-16(10)17(20)18-7-6-12(9-18)11(2)19/h4-5,8,11-12,19H,6-7,9H2,1-3H3. The van der Waals surface area contributed by atoms with Gasteiger partial charge in [0.1, 0.15) is 5.75 Å². The molecule has 1 saturated heterocycles. The van der Waals surface area contributed by atoms with E-state index in [2.05, 4.69) is 0 Å². The molecule has 2 atom stereocenters. The summed E-state index contributed by atoms with van der Waals surface area (Å²) in [6.07, 6.45) is 0.520. The average molecular weight is 319 g/mol. The molecule has 1 amide bonds. The van der Waals surface area contributed by atoms with Gasteiger partial charge in [-0.05, 0) is 49.4 Å². The Morgan fingerprint density at radius 1 is 1.50 bits per heavy atom. The van der Waals surface area contributed by atoms with Crippen LogP contribution in [0, 0.1) is 12.8 Å². The van der Waals surface area contributed by atoms with E-state index in [9.17, 15) is 9.90 Å². The predicted octanol–water partition coefficient (Wildman–Crippen LogP) is 3.06. The van der Waals surface area contributed by atoms with E-state index >= 15 is 0 Å². The van der Waals surface area contributed by atoms with E-state index in [-0.39, 0.29) is 17.9 Å². The number of hydrogen-bond donors (Lipinski definition) is 1. The molecule has 0 bridgehead atoms. The quantitative estimate of drug-likeness (QED) is 0.946. The number of carbonyl (C=O) groups excluding carboxylic acids is 1. The number of likely N-dealkylation sites (tertiary alicyclic amines) is 1. The Labute approximate surface area is 134 Å². The fourth-order valence-electron chi connectivity index (χ4n) is 3.04. The number of thiophene rings is 1. The van der Waals surface area contributed by atoms with E-state index in [1.165, 1.54) is 11.3 Å². The number of aryl methyl sites for hydroxylation is 1. The molecule has 2 unspecified atom stereocenters. The Kier molecular flexibility index (Phi) is 4.10. The first-order chi connectivity index (χ1) is 10.5. The smallest absolute Gasteiger partial charge is 0.264 e. The molecule has 3 rings (SSSR count). The van der Waals surface area contributed by atoms with Gasteiger partial charge in [-0.25, -0.2) is 0 Å². The summed E-state index contributed by atoms with van der Waals surface area (Å²) < 4.78 is 6.37. The molecule has 0 aliphatic carbocycles. The van der Waals surface area contributed by atoms with Gasteiger partial charge in [0.15, 0.2) is 0 Å². The van der Waals surface area contributed by atoms with Crippen molar-refractivity contribution in [3.63, 3.8) is 0 Å². The second-order valence-corrected chi connectivity index (χ2v) is 7.01. The van der Waals surface area contributed by atoms with Crippen molar-refractivity contribution in [3.05, 3.63) is 28.6 Å². The molecule has 0 saturated carbocycles. The van der Waals surface area contributed by atoms with Gasteiger partial charge in [-0.1, -0.05) is 0 Å². The topological polar surface area (TPSA) is 49.8 Å². The van der Waals surface area contributed by atoms with Crippen molar-refractivity contribution in [1.29, 1.82) is 0 Å². The Balaban J connectivity index is 1.90. The number of carbonyl (C=O) groups is 1. The monoisotopic (exact) mass is 319 g/mol. The molecule has 2 aromatic rings. The number of fused-ring (bicyclic) bond motifs is 1. The van der Waals surface area contributed by atoms with Gasteiger partial charge >= 0.3 is 0 Å². The summed E-state index contributed by atoms with van der Waals surface area (Å²) in [5, 5.41) is 10.8. The van der Waals surface area contributed by atoms with Gasteiger partial charge in [0.2, 0.25) is 0 Å². The molecule has 118 valence electrons. The van der Waals surface area contributed by atoms with Crippen LogP contribution < -0.4 is 4.74 Å². The van der Waals surface area contributed by atoms with Crippen LogP contribution in [0.2, 0.25) is 0 Å². The molecule has 1 N–H and O–H groups in total. The van der Waals surface area contributed by atoms with Gasteiger partial charge in [-0.15, -0.1) is 11.3 Å². The molecule has 5 heteroatoms. The number of rotatable bonds is 3. The van der Waals surface area contributed by atoms with Crippen molar-refractivity contribution >= 4 is 27.3 Å².